The van der Waals surface area contributed by atoms with Crippen LogP contribution < -0.4 is 14.8 Å². The van der Waals surface area contributed by atoms with Crippen molar-refractivity contribution in [2.45, 2.75) is 25.2 Å². The van der Waals surface area contributed by atoms with Gasteiger partial charge >= 0.3 is 5.97 Å². The molecule has 3 aromatic rings. The number of anilines is 1. The number of carbonyl (C=O) groups is 2. The minimum absolute atomic E-state index is 0.193. The van der Waals surface area contributed by atoms with Crippen LogP contribution in [-0.4, -0.2) is 26.1 Å². The van der Waals surface area contributed by atoms with Crippen LogP contribution in [0.5, 0.6) is 11.5 Å². The largest absolute Gasteiger partial charge is 0.493 e. The number of amides is 1. The van der Waals surface area contributed by atoms with Crippen molar-refractivity contribution in [1.29, 1.82) is 0 Å². The van der Waals surface area contributed by atoms with E-state index in [1.165, 1.54) is 36.7 Å². The third-order valence-corrected chi connectivity index (χ3v) is 7.07. The summed E-state index contributed by atoms with van der Waals surface area (Å²) in [5.74, 6) is 0.395. The summed E-state index contributed by atoms with van der Waals surface area (Å²) in [6.45, 7) is 0. The summed E-state index contributed by atoms with van der Waals surface area (Å²) >= 11 is 2.94. The van der Waals surface area contributed by atoms with E-state index in [0.717, 1.165) is 24.8 Å². The number of ether oxygens (including phenoxy) is 2. The zero-order chi connectivity index (χ0) is 22.7. The first kappa shape index (κ1) is 22.6. The van der Waals surface area contributed by atoms with Gasteiger partial charge in [0.05, 0.1) is 19.8 Å². The first-order valence-corrected chi connectivity index (χ1v) is 11.9. The highest BCUT2D eigenvalue weighted by molar-refractivity contribution is 14.1. The number of methoxy groups -OCH3 is 2. The first-order valence-electron chi connectivity index (χ1n) is 10.1. The average molecular weight is 563 g/mol. The lowest BCUT2D eigenvalue weighted by Gasteiger charge is -2.25. The second-order valence-corrected chi connectivity index (χ2v) is 8.81. The number of carbonyl (C=O) groups excluding carboxylic acids is 2. The molecule has 32 heavy (non-hydrogen) atoms. The number of hydrogen-bond donors (Lipinski definition) is 1. The van der Waals surface area contributed by atoms with Crippen molar-refractivity contribution < 1.29 is 22.1 Å². The zero-order valence-electron chi connectivity index (χ0n) is 17.6. The van der Waals surface area contributed by atoms with Crippen LogP contribution in [0.4, 0.5) is 5.00 Å². The maximum absolute atomic E-state index is 12.9. The topological polar surface area (TPSA) is 73.9 Å². The molecule has 1 atom stereocenters. The molecule has 0 saturated heterocycles. The van der Waals surface area contributed by atoms with Gasteiger partial charge in [0.25, 0.3) is 5.91 Å². The Labute approximate surface area is 204 Å². The molecule has 0 radical (unpaired) electrons. The molecule has 1 amide bonds. The molecular weight excluding hydrogens is 541 g/mol. The summed E-state index contributed by atoms with van der Waals surface area (Å²) in [4.78, 5) is 25.6. The fourth-order valence-corrected chi connectivity index (χ4v) is 5.37. The van der Waals surface area contributed by atoms with Crippen LogP contribution in [0.2, 0.25) is 0 Å². The minimum atomic E-state index is -0.455. The fraction of sp³-hybridized carbons (Fsp3) is 0.250. The Bertz CT molecular complexity index is 1160. The van der Waals surface area contributed by atoms with Gasteiger partial charge in [-0.25, -0.2) is 4.79 Å². The Kier molecular flexibility index (Phi) is 7.00. The summed E-state index contributed by atoms with van der Waals surface area (Å²) in [5.41, 5.74) is 4.42. The van der Waals surface area contributed by atoms with Crippen LogP contribution in [0, 0.1) is 0 Å². The van der Waals surface area contributed by atoms with E-state index >= 15 is 0 Å². The molecule has 0 spiro atoms. The molecule has 1 aliphatic carbocycles. The molecule has 6 nitrogen and oxygen atoms in total. The van der Waals surface area contributed by atoms with Crippen molar-refractivity contribution in [3.05, 3.63) is 75.7 Å². The first-order chi connectivity index (χ1) is 15.5. The molecule has 8 heteroatoms. The molecule has 1 heterocycles. The lowest BCUT2D eigenvalue weighted by molar-refractivity contribution is 0.0800. The van der Waals surface area contributed by atoms with Crippen LogP contribution in [-0.2, 0) is 15.9 Å². The van der Waals surface area contributed by atoms with Gasteiger partial charge in [0.2, 0.25) is 0 Å². The van der Waals surface area contributed by atoms with E-state index in [2.05, 4.69) is 23.5 Å². The number of thiophene rings is 1. The van der Waals surface area contributed by atoms with E-state index < -0.39 is 5.97 Å². The predicted molar refractivity (Wildman–Crippen MR) is 132 cm³/mol. The molecule has 1 unspecified atom stereocenters. The highest BCUT2D eigenvalue weighted by Crippen LogP contribution is 2.40. The van der Waals surface area contributed by atoms with Crippen LogP contribution in [0.3, 0.4) is 0 Å². The molecule has 0 saturated carbocycles. The molecule has 166 valence electrons. The van der Waals surface area contributed by atoms with E-state index in [4.69, 9.17) is 12.5 Å². The second kappa shape index (κ2) is 9.91. The number of nitrogens with one attached hydrogen (secondary N) is 1. The monoisotopic (exact) mass is 563 g/mol. The van der Waals surface area contributed by atoms with Crippen LogP contribution in [0.15, 0.2) is 47.8 Å². The van der Waals surface area contributed by atoms with E-state index in [1.54, 1.807) is 41.2 Å². The van der Waals surface area contributed by atoms with Gasteiger partial charge in [-0.15, -0.1) is 11.3 Å². The number of halogens is 1. The standard InChI is InChI=1S/C24H22INO5S/c1-29-19-10-9-17(12-20(19)30-2)22(27)26-23-21(24(28)31-25)18(13-32-23)16-8-7-14-5-3-4-6-15(14)11-16/h3-6,9-10,12-13,16H,7-8,11H2,1-2H3,(H,26,27). The van der Waals surface area contributed by atoms with E-state index in [1.807, 2.05) is 11.4 Å². The zero-order valence-corrected chi connectivity index (χ0v) is 20.6. The quantitative estimate of drug-likeness (QED) is 0.384. The second-order valence-electron chi connectivity index (χ2n) is 7.49. The lowest BCUT2D eigenvalue weighted by Crippen LogP contribution is -2.17. The van der Waals surface area contributed by atoms with Crippen molar-refractivity contribution in [3.8, 4) is 11.5 Å². The third kappa shape index (κ3) is 4.47. The Morgan fingerprint density at radius 2 is 1.81 bits per heavy atom. The molecule has 1 aliphatic rings. The van der Waals surface area contributed by atoms with E-state index in [0.29, 0.717) is 27.6 Å². The average Bonchev–Trinajstić information content (AvgIpc) is 3.26. The van der Waals surface area contributed by atoms with Crippen molar-refractivity contribution in [3.63, 3.8) is 0 Å². The summed E-state index contributed by atoms with van der Waals surface area (Å²) in [5, 5.41) is 5.34. The van der Waals surface area contributed by atoms with Gasteiger partial charge in [0.15, 0.2) is 34.5 Å². The lowest BCUT2D eigenvalue weighted by atomic mass is 9.80. The van der Waals surface area contributed by atoms with Gasteiger partial charge in [-0.05, 0) is 65.4 Å². The highest BCUT2D eigenvalue weighted by atomic mass is 127. The molecule has 4 rings (SSSR count). The predicted octanol–water partition coefficient (Wildman–Crippen LogP) is 5.80. The number of hydrogen-bond acceptors (Lipinski definition) is 6. The van der Waals surface area contributed by atoms with E-state index in [-0.39, 0.29) is 11.8 Å². The molecule has 0 fully saturated rings. The van der Waals surface area contributed by atoms with E-state index in [9.17, 15) is 9.59 Å². The van der Waals surface area contributed by atoms with Crippen LogP contribution in [0.25, 0.3) is 0 Å². The number of rotatable bonds is 6. The third-order valence-electron chi connectivity index (χ3n) is 5.75. The summed E-state index contributed by atoms with van der Waals surface area (Å²) in [6.07, 6.45) is 2.76. The van der Waals surface area contributed by atoms with Crippen LogP contribution >= 0.6 is 34.3 Å². The number of aryl methyl sites for hydroxylation is 1. The van der Waals surface area contributed by atoms with Gasteiger partial charge in [-0.3, -0.25) is 4.79 Å². The summed E-state index contributed by atoms with van der Waals surface area (Å²) in [7, 11) is 3.05. The van der Waals surface area contributed by atoms with Gasteiger partial charge in [-0.2, -0.15) is 0 Å². The van der Waals surface area contributed by atoms with Crippen molar-refractivity contribution in [2.75, 3.05) is 19.5 Å². The molecule has 1 aromatic heterocycles. The highest BCUT2D eigenvalue weighted by Gasteiger charge is 2.29. The fourth-order valence-electron chi connectivity index (χ4n) is 4.13. The van der Waals surface area contributed by atoms with Crippen molar-refractivity contribution in [1.82, 2.24) is 0 Å². The van der Waals surface area contributed by atoms with Crippen LogP contribution in [0.1, 0.15) is 49.7 Å². The molecule has 2 aromatic carbocycles. The van der Waals surface area contributed by atoms with Gasteiger partial charge in [0, 0.05) is 5.56 Å². The Balaban J connectivity index is 1.62. The maximum atomic E-state index is 12.9. The van der Waals surface area contributed by atoms with Gasteiger partial charge < -0.3 is 17.9 Å². The Hall–Kier alpha value is -2.59. The Morgan fingerprint density at radius 1 is 1.06 bits per heavy atom. The Morgan fingerprint density at radius 3 is 2.53 bits per heavy atom. The number of benzene rings is 2. The molecule has 0 aliphatic heterocycles. The molecule has 0 bridgehead atoms. The van der Waals surface area contributed by atoms with Gasteiger partial charge in [-0.1, -0.05) is 24.3 Å². The smallest absolute Gasteiger partial charge is 0.350 e. The maximum Gasteiger partial charge on any atom is 0.350 e. The molecule has 1 N–H and O–H groups in total. The summed E-state index contributed by atoms with van der Waals surface area (Å²) in [6, 6.07) is 13.3. The molecular formula is C24H22INO5S. The van der Waals surface area contributed by atoms with Gasteiger partial charge in [0.1, 0.15) is 5.00 Å². The SMILES string of the molecule is COc1ccc(C(=O)Nc2scc(C3CCc4ccccc4C3)c2C(=O)OI)cc1OC. The normalized spacial score (nSPS) is 14.9. The minimum Gasteiger partial charge on any atom is -0.493 e. The number of fused-ring (bicyclic) bond motifs is 1. The van der Waals surface area contributed by atoms with Crippen molar-refractivity contribution in [2.24, 2.45) is 0 Å². The van der Waals surface area contributed by atoms with Crippen molar-refractivity contribution >= 4 is 51.2 Å². The summed E-state index contributed by atoms with van der Waals surface area (Å²) < 4.78 is 15.6.